The second-order valence-corrected chi connectivity index (χ2v) is 6.35. The van der Waals surface area contributed by atoms with Crippen LogP contribution in [-0.2, 0) is 23.7 Å². The summed E-state index contributed by atoms with van der Waals surface area (Å²) in [6.45, 7) is 8.59. The van der Waals surface area contributed by atoms with Gasteiger partial charge in [-0.15, -0.1) is 0 Å². The van der Waals surface area contributed by atoms with E-state index in [1.54, 1.807) is 7.11 Å². The highest BCUT2D eigenvalue weighted by molar-refractivity contribution is 5.94. The van der Waals surface area contributed by atoms with Gasteiger partial charge in [-0.3, -0.25) is 0 Å². The Morgan fingerprint density at radius 2 is 1.53 bits per heavy atom. The van der Waals surface area contributed by atoms with Crippen molar-refractivity contribution in [2.45, 2.75) is 6.92 Å². The number of ether oxygens (including phenoxy) is 6. The van der Waals surface area contributed by atoms with Gasteiger partial charge in [-0.05, 0) is 18.6 Å². The van der Waals surface area contributed by atoms with E-state index < -0.39 is 5.97 Å². The van der Waals surface area contributed by atoms with Gasteiger partial charge in [0, 0.05) is 24.0 Å². The Morgan fingerprint density at radius 1 is 0.900 bits per heavy atom. The van der Waals surface area contributed by atoms with Gasteiger partial charge in [-0.1, -0.05) is 30.8 Å². The predicted octanol–water partition coefficient (Wildman–Crippen LogP) is 3.31. The van der Waals surface area contributed by atoms with Crippen molar-refractivity contribution in [3.8, 4) is 11.5 Å². The SMILES string of the molecule is C=CC(=O)OCCOCCOCCOc1c(C)cc(OCCOC)c2ccccc12. The number of aryl methyl sites for hydroxylation is 1. The first-order valence-electron chi connectivity index (χ1n) is 9.89. The van der Waals surface area contributed by atoms with Crippen molar-refractivity contribution in [1.82, 2.24) is 0 Å². The topological polar surface area (TPSA) is 72.5 Å². The Labute approximate surface area is 177 Å². The Balaban J connectivity index is 1.76. The highest BCUT2D eigenvalue weighted by atomic mass is 16.6. The third-order valence-corrected chi connectivity index (χ3v) is 4.17. The van der Waals surface area contributed by atoms with Crippen molar-refractivity contribution in [1.29, 1.82) is 0 Å². The average Bonchev–Trinajstić information content (AvgIpc) is 2.76. The number of methoxy groups -OCH3 is 1. The van der Waals surface area contributed by atoms with E-state index in [0.29, 0.717) is 46.2 Å². The molecule has 2 aromatic carbocycles. The lowest BCUT2D eigenvalue weighted by molar-refractivity contribution is -0.139. The van der Waals surface area contributed by atoms with Crippen LogP contribution < -0.4 is 9.47 Å². The van der Waals surface area contributed by atoms with E-state index in [0.717, 1.165) is 33.9 Å². The van der Waals surface area contributed by atoms with Gasteiger partial charge >= 0.3 is 5.97 Å². The molecule has 0 unspecified atom stereocenters. The molecular formula is C23H30O7. The summed E-state index contributed by atoms with van der Waals surface area (Å²) in [5.74, 6) is 1.19. The van der Waals surface area contributed by atoms with Crippen LogP contribution in [0.2, 0.25) is 0 Å². The second kappa shape index (κ2) is 13.6. The first kappa shape index (κ1) is 23.7. The van der Waals surface area contributed by atoms with Crippen LogP contribution in [0.4, 0.5) is 0 Å². The van der Waals surface area contributed by atoms with Gasteiger partial charge in [-0.2, -0.15) is 0 Å². The van der Waals surface area contributed by atoms with Crippen molar-refractivity contribution in [3.05, 3.63) is 48.6 Å². The summed E-state index contributed by atoms with van der Waals surface area (Å²) in [6, 6.07) is 9.99. The van der Waals surface area contributed by atoms with E-state index in [1.165, 1.54) is 0 Å². The maximum absolute atomic E-state index is 10.9. The standard InChI is InChI=1S/C23H30O7/c1-4-22(24)29-15-12-26-10-11-27-13-16-30-23-18(2)17-21(28-14-9-25-3)19-7-5-6-8-20(19)23/h4-8,17H,1,9-16H2,2-3H3. The number of esters is 1. The van der Waals surface area contributed by atoms with E-state index in [-0.39, 0.29) is 6.61 Å². The summed E-state index contributed by atoms with van der Waals surface area (Å²) in [5, 5.41) is 2.00. The first-order valence-corrected chi connectivity index (χ1v) is 9.89. The third-order valence-electron chi connectivity index (χ3n) is 4.17. The maximum Gasteiger partial charge on any atom is 0.330 e. The minimum Gasteiger partial charge on any atom is -0.491 e. The highest BCUT2D eigenvalue weighted by Crippen LogP contribution is 2.36. The number of hydrogen-bond donors (Lipinski definition) is 0. The number of benzene rings is 2. The molecule has 2 rings (SSSR count). The molecule has 164 valence electrons. The first-order chi connectivity index (χ1) is 14.7. The average molecular weight is 418 g/mol. The summed E-state index contributed by atoms with van der Waals surface area (Å²) < 4.78 is 32.6. The van der Waals surface area contributed by atoms with Crippen LogP contribution in [-0.4, -0.2) is 65.9 Å². The fraction of sp³-hybridized carbons (Fsp3) is 0.435. The van der Waals surface area contributed by atoms with E-state index in [9.17, 15) is 4.79 Å². The molecular weight excluding hydrogens is 388 g/mol. The lowest BCUT2D eigenvalue weighted by Gasteiger charge is -2.16. The third kappa shape index (κ3) is 7.67. The number of rotatable bonds is 15. The molecule has 0 aliphatic rings. The van der Waals surface area contributed by atoms with E-state index in [1.807, 2.05) is 37.3 Å². The molecule has 0 atom stereocenters. The van der Waals surface area contributed by atoms with Gasteiger partial charge in [0.15, 0.2) is 0 Å². The van der Waals surface area contributed by atoms with Crippen LogP contribution in [0, 0.1) is 6.92 Å². The van der Waals surface area contributed by atoms with Crippen LogP contribution in [0.1, 0.15) is 5.56 Å². The zero-order chi connectivity index (χ0) is 21.6. The van der Waals surface area contributed by atoms with Gasteiger partial charge in [0.25, 0.3) is 0 Å². The molecule has 0 N–H and O–H groups in total. The minimum atomic E-state index is -0.454. The molecule has 30 heavy (non-hydrogen) atoms. The lowest BCUT2D eigenvalue weighted by atomic mass is 10.0. The van der Waals surface area contributed by atoms with Gasteiger partial charge in [-0.25, -0.2) is 4.79 Å². The van der Waals surface area contributed by atoms with Gasteiger partial charge < -0.3 is 28.4 Å². The monoisotopic (exact) mass is 418 g/mol. The van der Waals surface area contributed by atoms with Gasteiger partial charge in [0.05, 0.1) is 33.0 Å². The molecule has 0 spiro atoms. The molecule has 0 bridgehead atoms. The molecule has 0 aromatic heterocycles. The quantitative estimate of drug-likeness (QED) is 0.250. The van der Waals surface area contributed by atoms with Crippen LogP contribution in [0.3, 0.4) is 0 Å². The summed E-state index contributed by atoms with van der Waals surface area (Å²) in [4.78, 5) is 10.9. The molecule has 0 saturated heterocycles. The van der Waals surface area contributed by atoms with E-state index in [4.69, 9.17) is 28.4 Å². The Kier molecular flexibility index (Phi) is 10.7. The van der Waals surface area contributed by atoms with E-state index >= 15 is 0 Å². The van der Waals surface area contributed by atoms with Crippen LogP contribution >= 0.6 is 0 Å². The zero-order valence-electron chi connectivity index (χ0n) is 17.7. The largest absolute Gasteiger partial charge is 0.491 e. The molecule has 0 amide bonds. The molecule has 0 heterocycles. The zero-order valence-corrected chi connectivity index (χ0v) is 17.7. The van der Waals surface area contributed by atoms with Crippen LogP contribution in [0.5, 0.6) is 11.5 Å². The number of carbonyl (C=O) groups excluding carboxylic acids is 1. The normalized spacial score (nSPS) is 10.7. The molecule has 7 heteroatoms. The highest BCUT2D eigenvalue weighted by Gasteiger charge is 2.11. The number of carbonyl (C=O) groups is 1. The van der Waals surface area contributed by atoms with E-state index in [2.05, 4.69) is 6.58 Å². The molecule has 0 saturated carbocycles. The fourth-order valence-corrected chi connectivity index (χ4v) is 2.78. The van der Waals surface area contributed by atoms with Crippen molar-refractivity contribution in [3.63, 3.8) is 0 Å². The van der Waals surface area contributed by atoms with Crippen LogP contribution in [0.15, 0.2) is 43.0 Å². The maximum atomic E-state index is 10.9. The lowest BCUT2D eigenvalue weighted by Crippen LogP contribution is -2.14. The molecule has 0 radical (unpaired) electrons. The van der Waals surface area contributed by atoms with Crippen LogP contribution in [0.25, 0.3) is 10.8 Å². The number of fused-ring (bicyclic) bond motifs is 1. The summed E-state index contributed by atoms with van der Waals surface area (Å²) in [7, 11) is 1.65. The number of hydrogen-bond acceptors (Lipinski definition) is 7. The molecule has 0 fully saturated rings. The Bertz CT molecular complexity index is 803. The van der Waals surface area contributed by atoms with Gasteiger partial charge in [0.1, 0.15) is 31.3 Å². The summed E-state index contributed by atoms with van der Waals surface area (Å²) in [5.41, 5.74) is 0.999. The minimum absolute atomic E-state index is 0.200. The Morgan fingerprint density at radius 3 is 2.23 bits per heavy atom. The molecule has 7 nitrogen and oxygen atoms in total. The van der Waals surface area contributed by atoms with Crippen molar-refractivity contribution < 1.29 is 33.2 Å². The van der Waals surface area contributed by atoms with Gasteiger partial charge in [0.2, 0.25) is 0 Å². The molecule has 2 aromatic rings. The fourth-order valence-electron chi connectivity index (χ4n) is 2.78. The predicted molar refractivity (Wildman–Crippen MR) is 114 cm³/mol. The smallest absolute Gasteiger partial charge is 0.330 e. The Hall–Kier alpha value is -2.61. The summed E-state index contributed by atoms with van der Waals surface area (Å²) >= 11 is 0. The van der Waals surface area contributed by atoms with Crippen molar-refractivity contribution >= 4 is 16.7 Å². The second-order valence-electron chi connectivity index (χ2n) is 6.35. The molecule has 0 aliphatic heterocycles. The summed E-state index contributed by atoms with van der Waals surface area (Å²) in [6.07, 6.45) is 1.12. The van der Waals surface area contributed by atoms with Crippen molar-refractivity contribution in [2.24, 2.45) is 0 Å². The molecule has 0 aliphatic carbocycles. The van der Waals surface area contributed by atoms with Crippen molar-refractivity contribution in [2.75, 3.05) is 60.0 Å².